The quantitative estimate of drug-likeness (QED) is 0.773. The SMILES string of the molecule is COCCN(C)Cc1ccccc1C#CCO. The summed E-state index contributed by atoms with van der Waals surface area (Å²) in [7, 11) is 3.75. The van der Waals surface area contributed by atoms with Crippen molar-refractivity contribution in [3.63, 3.8) is 0 Å². The number of aliphatic hydroxyl groups excluding tert-OH is 1. The highest BCUT2D eigenvalue weighted by Gasteiger charge is 2.03. The first-order chi connectivity index (χ1) is 8.27. The molecule has 0 atom stereocenters. The molecule has 3 nitrogen and oxygen atoms in total. The second-order valence-electron chi connectivity index (χ2n) is 3.85. The molecule has 3 heteroatoms. The third-order valence-corrected chi connectivity index (χ3v) is 2.44. The van der Waals surface area contributed by atoms with Gasteiger partial charge < -0.3 is 9.84 Å². The third kappa shape index (κ3) is 5.01. The van der Waals surface area contributed by atoms with E-state index in [1.165, 1.54) is 5.56 Å². The minimum Gasteiger partial charge on any atom is -0.384 e. The van der Waals surface area contributed by atoms with Crippen molar-refractivity contribution in [1.82, 2.24) is 4.90 Å². The van der Waals surface area contributed by atoms with Crippen LogP contribution in [0.15, 0.2) is 24.3 Å². The van der Waals surface area contributed by atoms with Gasteiger partial charge in [-0.05, 0) is 18.7 Å². The van der Waals surface area contributed by atoms with Gasteiger partial charge in [0.05, 0.1) is 6.61 Å². The van der Waals surface area contributed by atoms with Gasteiger partial charge in [-0.2, -0.15) is 0 Å². The first-order valence-corrected chi connectivity index (χ1v) is 5.63. The van der Waals surface area contributed by atoms with Crippen molar-refractivity contribution in [1.29, 1.82) is 0 Å². The molecule has 1 rings (SSSR count). The van der Waals surface area contributed by atoms with Gasteiger partial charge in [0.25, 0.3) is 0 Å². The number of aliphatic hydroxyl groups is 1. The first kappa shape index (κ1) is 13.7. The Morgan fingerprint density at radius 1 is 1.35 bits per heavy atom. The fraction of sp³-hybridized carbons (Fsp3) is 0.429. The molecule has 0 radical (unpaired) electrons. The molecule has 1 N–H and O–H groups in total. The van der Waals surface area contributed by atoms with Gasteiger partial charge in [-0.3, -0.25) is 4.90 Å². The Balaban J connectivity index is 2.69. The number of methoxy groups -OCH3 is 1. The molecule has 0 saturated heterocycles. The molecule has 0 aromatic heterocycles. The molecule has 0 heterocycles. The van der Waals surface area contributed by atoms with Crippen LogP contribution in [0.5, 0.6) is 0 Å². The van der Waals surface area contributed by atoms with Crippen LogP contribution >= 0.6 is 0 Å². The van der Waals surface area contributed by atoms with Crippen LogP contribution in [-0.2, 0) is 11.3 Å². The van der Waals surface area contributed by atoms with E-state index in [0.717, 1.165) is 25.3 Å². The van der Waals surface area contributed by atoms with Crippen LogP contribution in [0.1, 0.15) is 11.1 Å². The third-order valence-electron chi connectivity index (χ3n) is 2.44. The number of ether oxygens (including phenoxy) is 1. The van der Waals surface area contributed by atoms with E-state index in [-0.39, 0.29) is 6.61 Å². The van der Waals surface area contributed by atoms with Crippen LogP contribution in [0.2, 0.25) is 0 Å². The van der Waals surface area contributed by atoms with Crippen LogP contribution in [-0.4, -0.2) is 43.9 Å². The Morgan fingerprint density at radius 3 is 2.82 bits per heavy atom. The molecule has 1 aromatic rings. The molecule has 0 aliphatic heterocycles. The largest absolute Gasteiger partial charge is 0.384 e. The number of benzene rings is 1. The predicted octanol–water partition coefficient (Wildman–Crippen LogP) is 1.11. The summed E-state index contributed by atoms with van der Waals surface area (Å²) >= 11 is 0. The van der Waals surface area contributed by atoms with E-state index in [0.29, 0.717) is 0 Å². The van der Waals surface area contributed by atoms with Crippen LogP contribution in [0, 0.1) is 11.8 Å². The molecule has 0 fully saturated rings. The molecule has 0 spiro atoms. The van der Waals surface area contributed by atoms with E-state index >= 15 is 0 Å². The molecule has 17 heavy (non-hydrogen) atoms. The predicted molar refractivity (Wildman–Crippen MR) is 68.6 cm³/mol. The number of hydrogen-bond donors (Lipinski definition) is 1. The zero-order valence-corrected chi connectivity index (χ0v) is 10.4. The van der Waals surface area contributed by atoms with E-state index in [2.05, 4.69) is 29.9 Å². The maximum absolute atomic E-state index is 8.72. The van der Waals surface area contributed by atoms with Crippen LogP contribution in [0.25, 0.3) is 0 Å². The maximum Gasteiger partial charge on any atom is 0.104 e. The van der Waals surface area contributed by atoms with E-state index in [4.69, 9.17) is 9.84 Å². The van der Waals surface area contributed by atoms with Crippen LogP contribution < -0.4 is 0 Å². The van der Waals surface area contributed by atoms with Crippen molar-refractivity contribution in [3.8, 4) is 11.8 Å². The molecule has 0 unspecified atom stereocenters. The van der Waals surface area contributed by atoms with Crippen LogP contribution in [0.3, 0.4) is 0 Å². The molecule has 0 saturated carbocycles. The summed E-state index contributed by atoms with van der Waals surface area (Å²) in [5.41, 5.74) is 2.15. The van der Waals surface area contributed by atoms with E-state index < -0.39 is 0 Å². The second-order valence-corrected chi connectivity index (χ2v) is 3.85. The lowest BCUT2D eigenvalue weighted by molar-refractivity contribution is 0.158. The summed E-state index contributed by atoms with van der Waals surface area (Å²) in [6, 6.07) is 8.00. The lowest BCUT2D eigenvalue weighted by atomic mass is 10.1. The first-order valence-electron chi connectivity index (χ1n) is 5.63. The minimum absolute atomic E-state index is 0.103. The lowest BCUT2D eigenvalue weighted by Gasteiger charge is -2.16. The smallest absolute Gasteiger partial charge is 0.104 e. The molecule has 0 amide bonds. The highest BCUT2D eigenvalue weighted by atomic mass is 16.5. The molecule has 92 valence electrons. The monoisotopic (exact) mass is 233 g/mol. The number of hydrogen-bond acceptors (Lipinski definition) is 3. The Labute approximate surface area is 103 Å². The summed E-state index contributed by atoms with van der Waals surface area (Å²) in [4.78, 5) is 2.18. The molecule has 0 aliphatic carbocycles. The van der Waals surface area contributed by atoms with Crippen molar-refractivity contribution < 1.29 is 9.84 Å². The Hall–Kier alpha value is -1.34. The maximum atomic E-state index is 8.72. The van der Waals surface area contributed by atoms with Crippen molar-refractivity contribution in [2.45, 2.75) is 6.54 Å². The summed E-state index contributed by atoms with van der Waals surface area (Å²) in [6.07, 6.45) is 0. The standard InChI is InChI=1S/C14H19NO2/c1-15(9-11-17-2)12-14-7-4-3-6-13(14)8-5-10-16/h3-4,6-7,16H,9-12H2,1-2H3. The van der Waals surface area contributed by atoms with Gasteiger partial charge in [0.1, 0.15) is 6.61 Å². The van der Waals surface area contributed by atoms with Gasteiger partial charge in [-0.1, -0.05) is 30.0 Å². The van der Waals surface area contributed by atoms with E-state index in [1.54, 1.807) is 7.11 Å². The van der Waals surface area contributed by atoms with Gasteiger partial charge in [0.15, 0.2) is 0 Å². The zero-order valence-electron chi connectivity index (χ0n) is 10.4. The van der Waals surface area contributed by atoms with Crippen molar-refractivity contribution in [2.75, 3.05) is 33.9 Å². The number of rotatable bonds is 5. The van der Waals surface area contributed by atoms with Gasteiger partial charge in [-0.25, -0.2) is 0 Å². The molecular weight excluding hydrogens is 214 g/mol. The summed E-state index contributed by atoms with van der Waals surface area (Å²) < 4.78 is 5.04. The summed E-state index contributed by atoms with van der Waals surface area (Å²) in [6.45, 7) is 2.34. The van der Waals surface area contributed by atoms with Crippen molar-refractivity contribution in [2.24, 2.45) is 0 Å². The van der Waals surface area contributed by atoms with Gasteiger partial charge in [0.2, 0.25) is 0 Å². The Morgan fingerprint density at radius 2 is 2.12 bits per heavy atom. The fourth-order valence-corrected chi connectivity index (χ4v) is 1.53. The number of likely N-dealkylation sites (N-methyl/N-ethyl adjacent to an activating group) is 1. The normalized spacial score (nSPS) is 10.1. The van der Waals surface area contributed by atoms with E-state index in [9.17, 15) is 0 Å². The van der Waals surface area contributed by atoms with Gasteiger partial charge >= 0.3 is 0 Å². The lowest BCUT2D eigenvalue weighted by Crippen LogP contribution is -2.22. The highest BCUT2D eigenvalue weighted by Crippen LogP contribution is 2.09. The molecule has 0 aliphatic rings. The number of nitrogens with zero attached hydrogens (tertiary/aromatic N) is 1. The average molecular weight is 233 g/mol. The molecule has 0 bridgehead atoms. The average Bonchev–Trinajstić information content (AvgIpc) is 2.35. The Kier molecular flexibility index (Phi) is 6.34. The van der Waals surface area contributed by atoms with Crippen molar-refractivity contribution in [3.05, 3.63) is 35.4 Å². The van der Waals surface area contributed by atoms with E-state index in [1.807, 2.05) is 18.2 Å². The topological polar surface area (TPSA) is 32.7 Å². The fourth-order valence-electron chi connectivity index (χ4n) is 1.53. The zero-order chi connectivity index (χ0) is 12.5. The second kappa shape index (κ2) is 7.86. The van der Waals surface area contributed by atoms with Gasteiger partial charge in [-0.15, -0.1) is 0 Å². The van der Waals surface area contributed by atoms with Crippen LogP contribution in [0.4, 0.5) is 0 Å². The molecule has 1 aromatic carbocycles. The molecular formula is C14H19NO2. The summed E-state index contributed by atoms with van der Waals surface area (Å²) in [5, 5.41) is 8.72. The van der Waals surface area contributed by atoms with Gasteiger partial charge in [0, 0.05) is 25.8 Å². The Bertz CT molecular complexity index is 393. The summed E-state index contributed by atoms with van der Waals surface area (Å²) in [5.74, 6) is 5.65. The highest BCUT2D eigenvalue weighted by molar-refractivity contribution is 5.41. The minimum atomic E-state index is -0.103. The van der Waals surface area contributed by atoms with Crippen molar-refractivity contribution >= 4 is 0 Å².